The second-order valence-electron chi connectivity index (χ2n) is 3.72. The Bertz CT molecular complexity index is 343. The number of aromatic hydroxyl groups is 1. The van der Waals surface area contributed by atoms with E-state index in [1.165, 1.54) is 0 Å². The molecule has 0 saturated heterocycles. The summed E-state index contributed by atoms with van der Waals surface area (Å²) in [5.41, 5.74) is 2.28. The Morgan fingerprint density at radius 1 is 1.27 bits per heavy atom. The highest BCUT2D eigenvalue weighted by atomic mass is 16.3. The molecule has 0 atom stereocenters. The van der Waals surface area contributed by atoms with Crippen molar-refractivity contribution in [2.24, 2.45) is 0 Å². The summed E-state index contributed by atoms with van der Waals surface area (Å²) < 4.78 is 0. The van der Waals surface area contributed by atoms with E-state index in [1.807, 2.05) is 19.1 Å². The van der Waals surface area contributed by atoms with Crippen molar-refractivity contribution >= 4 is 6.29 Å². The molecule has 82 valence electrons. The number of carbonyl (C=O) groups excluding carboxylic acids is 1. The van der Waals surface area contributed by atoms with Gasteiger partial charge in [-0.15, -0.1) is 0 Å². The monoisotopic (exact) mass is 206 g/mol. The van der Waals surface area contributed by atoms with Gasteiger partial charge in [0.05, 0.1) is 5.56 Å². The summed E-state index contributed by atoms with van der Waals surface area (Å²) in [6.45, 7) is 4.08. The number of unbranched alkanes of at least 4 members (excludes halogenated alkanes) is 1. The highest BCUT2D eigenvalue weighted by molar-refractivity contribution is 5.82. The standard InChI is InChI=1S/C13H18O2/c1-3-5-6-11-8-7-10(4-2)13(15)12(11)9-14/h7-9,15H,3-6H2,1-2H3. The lowest BCUT2D eigenvalue weighted by Gasteiger charge is -2.09. The molecule has 0 heterocycles. The van der Waals surface area contributed by atoms with Crippen LogP contribution in [0.15, 0.2) is 12.1 Å². The van der Waals surface area contributed by atoms with Gasteiger partial charge in [-0.1, -0.05) is 32.4 Å². The molecule has 0 radical (unpaired) electrons. The minimum atomic E-state index is 0.168. The van der Waals surface area contributed by atoms with Gasteiger partial charge in [0, 0.05) is 0 Å². The molecule has 0 unspecified atom stereocenters. The van der Waals surface area contributed by atoms with Crippen LogP contribution >= 0.6 is 0 Å². The lowest BCUT2D eigenvalue weighted by molar-refractivity contribution is 0.112. The van der Waals surface area contributed by atoms with Crippen molar-refractivity contribution in [3.05, 3.63) is 28.8 Å². The number of phenolic OH excluding ortho intramolecular Hbond substituents is 1. The molecule has 1 rings (SSSR count). The molecular formula is C13H18O2. The van der Waals surface area contributed by atoms with Crippen molar-refractivity contribution in [1.29, 1.82) is 0 Å². The van der Waals surface area contributed by atoms with Crippen LogP contribution in [0.25, 0.3) is 0 Å². The second-order valence-corrected chi connectivity index (χ2v) is 3.72. The van der Waals surface area contributed by atoms with Crippen LogP contribution in [0.1, 0.15) is 48.2 Å². The van der Waals surface area contributed by atoms with Crippen molar-refractivity contribution < 1.29 is 9.90 Å². The second kappa shape index (κ2) is 5.54. The molecule has 0 aromatic heterocycles. The molecule has 0 fully saturated rings. The molecular weight excluding hydrogens is 188 g/mol. The molecule has 0 spiro atoms. The molecule has 1 aromatic rings. The average molecular weight is 206 g/mol. The Labute approximate surface area is 90.9 Å². The summed E-state index contributed by atoms with van der Waals surface area (Å²) in [7, 11) is 0. The van der Waals surface area contributed by atoms with Gasteiger partial charge in [0.1, 0.15) is 5.75 Å². The van der Waals surface area contributed by atoms with E-state index in [1.54, 1.807) is 0 Å². The molecule has 0 aliphatic carbocycles. The van der Waals surface area contributed by atoms with Gasteiger partial charge in [-0.2, -0.15) is 0 Å². The number of benzene rings is 1. The van der Waals surface area contributed by atoms with Crippen molar-refractivity contribution in [3.63, 3.8) is 0 Å². The van der Waals surface area contributed by atoms with Gasteiger partial charge in [0.15, 0.2) is 6.29 Å². The maximum atomic E-state index is 10.9. The molecule has 0 aliphatic heterocycles. The van der Waals surface area contributed by atoms with Crippen molar-refractivity contribution in [2.75, 3.05) is 0 Å². The van der Waals surface area contributed by atoms with Crippen molar-refractivity contribution in [1.82, 2.24) is 0 Å². The number of aryl methyl sites for hydroxylation is 2. The van der Waals surface area contributed by atoms with Crippen molar-refractivity contribution in [2.45, 2.75) is 39.5 Å². The third-order valence-electron chi connectivity index (χ3n) is 2.69. The van der Waals surface area contributed by atoms with Gasteiger partial charge in [-0.05, 0) is 30.4 Å². The fourth-order valence-electron chi connectivity index (χ4n) is 1.70. The number of aldehydes is 1. The number of phenols is 1. The number of carbonyl (C=O) groups is 1. The van der Waals surface area contributed by atoms with Crippen LogP contribution < -0.4 is 0 Å². The molecule has 1 aromatic carbocycles. The molecule has 0 aliphatic rings. The van der Waals surface area contributed by atoms with Crippen LogP contribution in [0.5, 0.6) is 5.75 Å². The zero-order valence-corrected chi connectivity index (χ0v) is 9.42. The van der Waals surface area contributed by atoms with Gasteiger partial charge < -0.3 is 5.11 Å². The first-order valence-electron chi connectivity index (χ1n) is 5.53. The van der Waals surface area contributed by atoms with E-state index in [9.17, 15) is 9.90 Å². The normalized spacial score (nSPS) is 10.3. The summed E-state index contributed by atoms with van der Waals surface area (Å²) in [6.07, 6.45) is 4.52. The van der Waals surface area contributed by atoms with E-state index in [0.29, 0.717) is 5.56 Å². The van der Waals surface area contributed by atoms with E-state index >= 15 is 0 Å². The number of hydrogen-bond acceptors (Lipinski definition) is 2. The highest BCUT2D eigenvalue weighted by Crippen LogP contribution is 2.26. The smallest absolute Gasteiger partial charge is 0.154 e. The lowest BCUT2D eigenvalue weighted by Crippen LogP contribution is -1.96. The summed E-state index contributed by atoms with van der Waals surface area (Å²) >= 11 is 0. The molecule has 0 saturated carbocycles. The van der Waals surface area contributed by atoms with Gasteiger partial charge >= 0.3 is 0 Å². The SMILES string of the molecule is CCCCc1ccc(CC)c(O)c1C=O. The largest absolute Gasteiger partial charge is 0.507 e. The van der Waals surface area contributed by atoms with E-state index < -0.39 is 0 Å². The van der Waals surface area contributed by atoms with Gasteiger partial charge in [0.25, 0.3) is 0 Å². The summed E-state index contributed by atoms with van der Waals surface area (Å²) in [5.74, 6) is 0.168. The van der Waals surface area contributed by atoms with Gasteiger partial charge in [-0.25, -0.2) is 0 Å². The molecule has 2 nitrogen and oxygen atoms in total. The summed E-state index contributed by atoms with van der Waals surface area (Å²) in [6, 6.07) is 3.87. The van der Waals surface area contributed by atoms with Crippen LogP contribution in [0.4, 0.5) is 0 Å². The van der Waals surface area contributed by atoms with E-state index in [2.05, 4.69) is 6.92 Å². The first-order valence-corrected chi connectivity index (χ1v) is 5.53. The Balaban J connectivity index is 3.07. The maximum Gasteiger partial charge on any atom is 0.154 e. The number of rotatable bonds is 5. The van der Waals surface area contributed by atoms with E-state index in [4.69, 9.17) is 0 Å². The average Bonchev–Trinajstić information content (AvgIpc) is 2.26. The third kappa shape index (κ3) is 2.58. The Hall–Kier alpha value is -1.31. The topological polar surface area (TPSA) is 37.3 Å². The van der Waals surface area contributed by atoms with Crippen LogP contribution in [0, 0.1) is 0 Å². The van der Waals surface area contributed by atoms with Crippen LogP contribution in [-0.2, 0) is 12.8 Å². The molecule has 1 N–H and O–H groups in total. The lowest BCUT2D eigenvalue weighted by atomic mass is 9.98. The van der Waals surface area contributed by atoms with E-state index in [0.717, 1.165) is 43.1 Å². The van der Waals surface area contributed by atoms with Crippen LogP contribution in [-0.4, -0.2) is 11.4 Å². The molecule has 0 amide bonds. The zero-order chi connectivity index (χ0) is 11.3. The maximum absolute atomic E-state index is 10.9. The minimum Gasteiger partial charge on any atom is -0.507 e. The van der Waals surface area contributed by atoms with Crippen LogP contribution in [0.3, 0.4) is 0 Å². The fourth-order valence-corrected chi connectivity index (χ4v) is 1.70. The quantitative estimate of drug-likeness (QED) is 0.751. The molecule has 15 heavy (non-hydrogen) atoms. The van der Waals surface area contributed by atoms with Crippen LogP contribution in [0.2, 0.25) is 0 Å². The minimum absolute atomic E-state index is 0.168. The fraction of sp³-hybridized carbons (Fsp3) is 0.462. The molecule has 2 heteroatoms. The Morgan fingerprint density at radius 2 is 1.93 bits per heavy atom. The van der Waals surface area contributed by atoms with Crippen molar-refractivity contribution in [3.8, 4) is 5.75 Å². The summed E-state index contributed by atoms with van der Waals surface area (Å²) in [5, 5.41) is 9.84. The molecule has 0 bridgehead atoms. The van der Waals surface area contributed by atoms with Gasteiger partial charge in [-0.3, -0.25) is 4.79 Å². The summed E-state index contributed by atoms with van der Waals surface area (Å²) in [4.78, 5) is 10.9. The zero-order valence-electron chi connectivity index (χ0n) is 9.42. The third-order valence-corrected chi connectivity index (χ3v) is 2.69. The number of hydrogen-bond donors (Lipinski definition) is 1. The first-order chi connectivity index (χ1) is 7.24. The Kier molecular flexibility index (Phi) is 4.35. The Morgan fingerprint density at radius 3 is 2.47 bits per heavy atom. The van der Waals surface area contributed by atoms with E-state index in [-0.39, 0.29) is 5.75 Å². The van der Waals surface area contributed by atoms with Gasteiger partial charge in [0.2, 0.25) is 0 Å². The highest BCUT2D eigenvalue weighted by Gasteiger charge is 2.10. The predicted octanol–water partition coefficient (Wildman–Crippen LogP) is 3.11. The predicted molar refractivity (Wildman–Crippen MR) is 61.5 cm³/mol. The first kappa shape index (κ1) is 11.8.